The van der Waals surface area contributed by atoms with Gasteiger partial charge in [-0.1, -0.05) is 19.8 Å². The van der Waals surface area contributed by atoms with Gasteiger partial charge in [-0.25, -0.2) is 0 Å². The summed E-state index contributed by atoms with van der Waals surface area (Å²) in [7, 11) is 0. The van der Waals surface area contributed by atoms with Crippen LogP contribution in [0, 0.1) is 0 Å². The van der Waals surface area contributed by atoms with Gasteiger partial charge in [0, 0.05) is 19.0 Å². The van der Waals surface area contributed by atoms with Crippen molar-refractivity contribution in [3.05, 3.63) is 0 Å². The highest BCUT2D eigenvalue weighted by Crippen LogP contribution is 2.16. The molecule has 0 radical (unpaired) electrons. The maximum absolute atomic E-state index is 11.7. The first-order valence-electron chi connectivity index (χ1n) is 5.55. The summed E-state index contributed by atoms with van der Waals surface area (Å²) in [5.41, 5.74) is 0. The average Bonchev–Trinajstić information content (AvgIpc) is 2.30. The highest BCUT2D eigenvalue weighted by atomic mass is 16.2. The molecule has 1 aliphatic rings. The third-order valence-electron chi connectivity index (χ3n) is 2.85. The molecule has 0 saturated carbocycles. The normalized spacial score (nSPS) is 21.4. The van der Waals surface area contributed by atoms with E-state index in [1.165, 1.54) is 19.3 Å². The highest BCUT2D eigenvalue weighted by Gasteiger charge is 2.20. The maximum atomic E-state index is 11.7. The van der Waals surface area contributed by atoms with Gasteiger partial charge >= 0.3 is 0 Å². The third-order valence-corrected chi connectivity index (χ3v) is 2.85. The van der Waals surface area contributed by atoms with Crippen LogP contribution in [0.1, 0.15) is 52.4 Å². The molecule has 13 heavy (non-hydrogen) atoms. The van der Waals surface area contributed by atoms with Crippen LogP contribution in [0.2, 0.25) is 0 Å². The van der Waals surface area contributed by atoms with Crippen molar-refractivity contribution >= 4 is 5.91 Å². The van der Waals surface area contributed by atoms with Gasteiger partial charge in [0.2, 0.25) is 5.91 Å². The van der Waals surface area contributed by atoms with Gasteiger partial charge in [0.1, 0.15) is 0 Å². The minimum absolute atomic E-state index is 0.374. The number of carbonyl (C=O) groups is 1. The van der Waals surface area contributed by atoms with Crippen LogP contribution >= 0.6 is 0 Å². The van der Waals surface area contributed by atoms with Gasteiger partial charge in [0.05, 0.1) is 0 Å². The highest BCUT2D eigenvalue weighted by molar-refractivity contribution is 5.76. The van der Waals surface area contributed by atoms with Crippen molar-refractivity contribution in [3.8, 4) is 0 Å². The zero-order valence-corrected chi connectivity index (χ0v) is 8.88. The lowest BCUT2D eigenvalue weighted by atomic mass is 10.1. The Morgan fingerprint density at radius 2 is 2.15 bits per heavy atom. The van der Waals surface area contributed by atoms with Crippen molar-refractivity contribution in [2.75, 3.05) is 6.54 Å². The lowest BCUT2D eigenvalue weighted by molar-refractivity contribution is -0.132. The van der Waals surface area contributed by atoms with E-state index < -0.39 is 0 Å². The summed E-state index contributed by atoms with van der Waals surface area (Å²) in [5, 5.41) is 0. The average molecular weight is 183 g/mol. The fraction of sp³-hybridized carbons (Fsp3) is 0.909. The molecule has 2 nitrogen and oxygen atoms in total. The Hall–Kier alpha value is -0.530. The summed E-state index contributed by atoms with van der Waals surface area (Å²) in [6.07, 6.45) is 6.60. The Kier molecular flexibility index (Phi) is 4.26. The minimum Gasteiger partial charge on any atom is -0.340 e. The van der Waals surface area contributed by atoms with E-state index in [1.54, 1.807) is 0 Å². The first-order valence-corrected chi connectivity index (χ1v) is 5.55. The number of hydrogen-bond donors (Lipinski definition) is 0. The smallest absolute Gasteiger partial charge is 0.222 e. The SMILES string of the molecule is CCCC(C)N1CCCCCC1=O. The fourth-order valence-corrected chi connectivity index (χ4v) is 2.04. The summed E-state index contributed by atoms with van der Waals surface area (Å²) in [5.74, 6) is 0.374. The molecule has 0 bridgehead atoms. The molecular formula is C11H21NO. The molecule has 1 unspecified atom stereocenters. The zero-order chi connectivity index (χ0) is 9.68. The van der Waals surface area contributed by atoms with E-state index in [-0.39, 0.29) is 0 Å². The molecule has 1 amide bonds. The van der Waals surface area contributed by atoms with Crippen LogP contribution in [0.4, 0.5) is 0 Å². The molecule has 1 saturated heterocycles. The Balaban J connectivity index is 2.48. The van der Waals surface area contributed by atoms with E-state index in [0.29, 0.717) is 11.9 Å². The Labute approximate surface area is 81.3 Å². The van der Waals surface area contributed by atoms with Crippen molar-refractivity contribution in [1.29, 1.82) is 0 Å². The maximum Gasteiger partial charge on any atom is 0.222 e. The van der Waals surface area contributed by atoms with Crippen LogP contribution in [-0.4, -0.2) is 23.4 Å². The van der Waals surface area contributed by atoms with Crippen molar-refractivity contribution in [2.24, 2.45) is 0 Å². The van der Waals surface area contributed by atoms with Crippen LogP contribution in [0.25, 0.3) is 0 Å². The Bertz CT molecular complexity index is 167. The summed E-state index contributed by atoms with van der Waals surface area (Å²) in [4.78, 5) is 13.7. The van der Waals surface area contributed by atoms with E-state index >= 15 is 0 Å². The summed E-state index contributed by atoms with van der Waals surface area (Å²) < 4.78 is 0. The number of rotatable bonds is 3. The van der Waals surface area contributed by atoms with Crippen LogP contribution in [-0.2, 0) is 4.79 Å². The molecule has 0 aromatic rings. The van der Waals surface area contributed by atoms with Crippen LogP contribution in [0.5, 0.6) is 0 Å². The number of likely N-dealkylation sites (tertiary alicyclic amines) is 1. The molecule has 1 rings (SSSR count). The van der Waals surface area contributed by atoms with E-state index in [2.05, 4.69) is 18.7 Å². The standard InChI is InChI=1S/C11H21NO/c1-3-7-10(2)12-9-6-4-5-8-11(12)13/h10H,3-9H2,1-2H3. The second kappa shape index (κ2) is 5.25. The largest absolute Gasteiger partial charge is 0.340 e. The van der Waals surface area contributed by atoms with Gasteiger partial charge in [0.15, 0.2) is 0 Å². The van der Waals surface area contributed by atoms with Crippen molar-refractivity contribution < 1.29 is 4.79 Å². The summed E-state index contributed by atoms with van der Waals surface area (Å²) in [6.45, 7) is 5.34. The van der Waals surface area contributed by atoms with Crippen molar-refractivity contribution in [1.82, 2.24) is 4.90 Å². The molecule has 1 atom stereocenters. The fourth-order valence-electron chi connectivity index (χ4n) is 2.04. The first-order chi connectivity index (χ1) is 6.25. The van der Waals surface area contributed by atoms with Gasteiger partial charge in [-0.3, -0.25) is 4.79 Å². The topological polar surface area (TPSA) is 20.3 Å². The van der Waals surface area contributed by atoms with Gasteiger partial charge in [-0.05, 0) is 26.2 Å². The molecule has 1 fully saturated rings. The molecule has 0 aromatic carbocycles. The minimum atomic E-state index is 0.374. The number of carbonyl (C=O) groups excluding carboxylic acids is 1. The molecule has 0 aliphatic carbocycles. The molecule has 0 N–H and O–H groups in total. The number of hydrogen-bond acceptors (Lipinski definition) is 1. The lowest BCUT2D eigenvalue weighted by Gasteiger charge is -2.27. The molecule has 1 heterocycles. The predicted octanol–water partition coefficient (Wildman–Crippen LogP) is 2.58. The number of amides is 1. The van der Waals surface area contributed by atoms with E-state index in [9.17, 15) is 4.79 Å². The predicted molar refractivity (Wildman–Crippen MR) is 54.6 cm³/mol. The van der Waals surface area contributed by atoms with E-state index in [0.717, 1.165) is 25.8 Å². The van der Waals surface area contributed by atoms with Crippen LogP contribution in [0.15, 0.2) is 0 Å². The quantitative estimate of drug-likeness (QED) is 0.658. The molecule has 0 spiro atoms. The van der Waals surface area contributed by atoms with Crippen LogP contribution < -0.4 is 0 Å². The van der Waals surface area contributed by atoms with Gasteiger partial charge < -0.3 is 4.90 Å². The molecule has 1 aliphatic heterocycles. The van der Waals surface area contributed by atoms with Gasteiger partial charge in [0.25, 0.3) is 0 Å². The number of nitrogens with zero attached hydrogens (tertiary/aromatic N) is 1. The summed E-state index contributed by atoms with van der Waals surface area (Å²) >= 11 is 0. The molecule has 76 valence electrons. The first kappa shape index (κ1) is 10.6. The lowest BCUT2D eigenvalue weighted by Crippen LogP contribution is -2.38. The second-order valence-electron chi connectivity index (χ2n) is 4.04. The van der Waals surface area contributed by atoms with Crippen molar-refractivity contribution in [2.45, 2.75) is 58.4 Å². The molecular weight excluding hydrogens is 162 g/mol. The third kappa shape index (κ3) is 3.02. The monoisotopic (exact) mass is 183 g/mol. The molecule has 0 aromatic heterocycles. The molecule has 2 heteroatoms. The second-order valence-corrected chi connectivity index (χ2v) is 4.04. The van der Waals surface area contributed by atoms with E-state index in [1.807, 2.05) is 0 Å². The van der Waals surface area contributed by atoms with E-state index in [4.69, 9.17) is 0 Å². The Morgan fingerprint density at radius 3 is 2.85 bits per heavy atom. The van der Waals surface area contributed by atoms with Crippen molar-refractivity contribution in [3.63, 3.8) is 0 Å². The van der Waals surface area contributed by atoms with Crippen LogP contribution in [0.3, 0.4) is 0 Å². The zero-order valence-electron chi connectivity index (χ0n) is 8.88. The Morgan fingerprint density at radius 1 is 1.38 bits per heavy atom. The van der Waals surface area contributed by atoms with Gasteiger partial charge in [-0.15, -0.1) is 0 Å². The van der Waals surface area contributed by atoms with Gasteiger partial charge in [-0.2, -0.15) is 0 Å². The summed E-state index contributed by atoms with van der Waals surface area (Å²) in [6, 6.07) is 0.454.